The molecule has 1 aliphatic rings. The first-order valence-electron chi connectivity index (χ1n) is 6.04. The maximum Gasteiger partial charge on any atom is -0.0292 e. The molecule has 0 heterocycles. The number of allylic oxidation sites excluding steroid dienone is 2. The SMILES string of the molecule is CCCCCC1CCC=C(CC)C1. The number of hydrogen-bond donors (Lipinski definition) is 0. The predicted octanol–water partition coefficient (Wildman–Crippen LogP) is 4.70. The van der Waals surface area contributed by atoms with Gasteiger partial charge in [0.25, 0.3) is 0 Å². The highest BCUT2D eigenvalue weighted by Gasteiger charge is 2.13. The molecule has 0 spiro atoms. The first-order chi connectivity index (χ1) is 6.36. The topological polar surface area (TPSA) is 0 Å². The van der Waals surface area contributed by atoms with Gasteiger partial charge in [0.15, 0.2) is 0 Å². The molecule has 0 aromatic carbocycles. The molecule has 0 aliphatic heterocycles. The molecule has 0 saturated carbocycles. The maximum atomic E-state index is 2.47. The van der Waals surface area contributed by atoms with Gasteiger partial charge in [0.2, 0.25) is 0 Å². The molecule has 0 bridgehead atoms. The molecule has 1 aliphatic carbocycles. The molecule has 0 N–H and O–H groups in total. The smallest absolute Gasteiger partial charge is 0.0292 e. The van der Waals surface area contributed by atoms with Crippen LogP contribution in [-0.2, 0) is 0 Å². The van der Waals surface area contributed by atoms with E-state index in [0.717, 1.165) is 5.92 Å². The van der Waals surface area contributed by atoms with Gasteiger partial charge < -0.3 is 0 Å². The lowest BCUT2D eigenvalue weighted by Crippen LogP contribution is -2.06. The molecule has 0 heteroatoms. The molecule has 0 aromatic heterocycles. The van der Waals surface area contributed by atoms with E-state index in [1.165, 1.54) is 51.4 Å². The van der Waals surface area contributed by atoms with Gasteiger partial charge in [-0.3, -0.25) is 0 Å². The summed E-state index contributed by atoms with van der Waals surface area (Å²) in [5.41, 5.74) is 1.72. The van der Waals surface area contributed by atoms with Gasteiger partial charge in [0, 0.05) is 0 Å². The highest BCUT2D eigenvalue weighted by atomic mass is 14.2. The monoisotopic (exact) mass is 180 g/mol. The van der Waals surface area contributed by atoms with Crippen LogP contribution in [0, 0.1) is 5.92 Å². The van der Waals surface area contributed by atoms with Crippen molar-refractivity contribution < 1.29 is 0 Å². The minimum Gasteiger partial charge on any atom is -0.0853 e. The molecule has 1 rings (SSSR count). The lowest BCUT2D eigenvalue weighted by molar-refractivity contribution is 0.409. The predicted molar refractivity (Wildman–Crippen MR) is 59.9 cm³/mol. The summed E-state index contributed by atoms with van der Waals surface area (Å²) < 4.78 is 0. The Morgan fingerprint density at radius 3 is 2.85 bits per heavy atom. The van der Waals surface area contributed by atoms with Crippen molar-refractivity contribution in [1.82, 2.24) is 0 Å². The quantitative estimate of drug-likeness (QED) is 0.425. The van der Waals surface area contributed by atoms with Gasteiger partial charge >= 0.3 is 0 Å². The average molecular weight is 180 g/mol. The van der Waals surface area contributed by atoms with Crippen molar-refractivity contribution in [2.75, 3.05) is 0 Å². The second-order valence-electron chi connectivity index (χ2n) is 4.36. The molecular formula is C13H24. The summed E-state index contributed by atoms with van der Waals surface area (Å²) in [7, 11) is 0. The zero-order chi connectivity index (χ0) is 9.52. The van der Waals surface area contributed by atoms with E-state index in [4.69, 9.17) is 0 Å². The Bertz CT molecular complexity index is 155. The van der Waals surface area contributed by atoms with Gasteiger partial charge in [0.1, 0.15) is 0 Å². The molecule has 1 atom stereocenters. The van der Waals surface area contributed by atoms with Crippen molar-refractivity contribution in [3.05, 3.63) is 11.6 Å². The minimum absolute atomic E-state index is 1.02. The van der Waals surface area contributed by atoms with Crippen LogP contribution in [-0.4, -0.2) is 0 Å². The summed E-state index contributed by atoms with van der Waals surface area (Å²) in [4.78, 5) is 0. The Hall–Kier alpha value is -0.260. The zero-order valence-electron chi connectivity index (χ0n) is 9.31. The van der Waals surface area contributed by atoms with Crippen molar-refractivity contribution in [2.45, 2.75) is 65.2 Å². The second-order valence-corrected chi connectivity index (χ2v) is 4.36. The lowest BCUT2D eigenvalue weighted by Gasteiger charge is -2.22. The van der Waals surface area contributed by atoms with Crippen LogP contribution in [0.5, 0.6) is 0 Å². The summed E-state index contributed by atoms with van der Waals surface area (Å²) in [6, 6.07) is 0. The van der Waals surface area contributed by atoms with E-state index in [2.05, 4.69) is 19.9 Å². The Morgan fingerprint density at radius 2 is 2.15 bits per heavy atom. The molecule has 0 fully saturated rings. The minimum atomic E-state index is 1.02. The second kappa shape index (κ2) is 6.23. The summed E-state index contributed by atoms with van der Waals surface area (Å²) >= 11 is 0. The van der Waals surface area contributed by atoms with Crippen molar-refractivity contribution in [3.8, 4) is 0 Å². The Morgan fingerprint density at radius 1 is 1.31 bits per heavy atom. The van der Waals surface area contributed by atoms with Gasteiger partial charge in [0.05, 0.1) is 0 Å². The molecule has 0 aromatic rings. The van der Waals surface area contributed by atoms with E-state index >= 15 is 0 Å². The molecule has 0 amide bonds. The fraction of sp³-hybridized carbons (Fsp3) is 0.846. The van der Waals surface area contributed by atoms with Crippen molar-refractivity contribution in [3.63, 3.8) is 0 Å². The highest BCUT2D eigenvalue weighted by Crippen LogP contribution is 2.29. The highest BCUT2D eigenvalue weighted by molar-refractivity contribution is 5.05. The van der Waals surface area contributed by atoms with Crippen LogP contribution in [0.25, 0.3) is 0 Å². The van der Waals surface area contributed by atoms with Crippen molar-refractivity contribution >= 4 is 0 Å². The molecule has 0 saturated heterocycles. The first kappa shape index (κ1) is 10.8. The van der Waals surface area contributed by atoms with Crippen LogP contribution in [0.2, 0.25) is 0 Å². The molecule has 0 nitrogen and oxygen atoms in total. The normalized spacial score (nSPS) is 22.9. The molecule has 1 unspecified atom stereocenters. The van der Waals surface area contributed by atoms with Crippen LogP contribution in [0.4, 0.5) is 0 Å². The molecule has 13 heavy (non-hydrogen) atoms. The Labute approximate surface area is 83.4 Å². The van der Waals surface area contributed by atoms with E-state index in [9.17, 15) is 0 Å². The first-order valence-corrected chi connectivity index (χ1v) is 6.04. The standard InChI is InChI=1S/C13H24/c1-3-5-6-8-13-10-7-9-12(4-2)11-13/h9,13H,3-8,10-11H2,1-2H3. The Kier molecular flexibility index (Phi) is 5.19. The van der Waals surface area contributed by atoms with Crippen LogP contribution < -0.4 is 0 Å². The van der Waals surface area contributed by atoms with E-state index in [0.29, 0.717) is 0 Å². The van der Waals surface area contributed by atoms with Crippen LogP contribution in [0.3, 0.4) is 0 Å². The van der Waals surface area contributed by atoms with E-state index < -0.39 is 0 Å². The van der Waals surface area contributed by atoms with Gasteiger partial charge in [-0.15, -0.1) is 0 Å². The molecule has 0 radical (unpaired) electrons. The number of unbranched alkanes of at least 4 members (excludes halogenated alkanes) is 2. The summed E-state index contributed by atoms with van der Waals surface area (Å²) in [5.74, 6) is 1.02. The summed E-state index contributed by atoms with van der Waals surface area (Å²) in [6.45, 7) is 4.58. The van der Waals surface area contributed by atoms with Crippen LogP contribution in [0.1, 0.15) is 65.2 Å². The van der Waals surface area contributed by atoms with Gasteiger partial charge in [-0.1, -0.05) is 51.2 Å². The van der Waals surface area contributed by atoms with E-state index in [-0.39, 0.29) is 0 Å². The third kappa shape index (κ3) is 3.97. The van der Waals surface area contributed by atoms with E-state index in [1.54, 1.807) is 5.57 Å². The van der Waals surface area contributed by atoms with Gasteiger partial charge in [-0.2, -0.15) is 0 Å². The molecule has 76 valence electrons. The van der Waals surface area contributed by atoms with Crippen molar-refractivity contribution in [2.24, 2.45) is 5.92 Å². The fourth-order valence-corrected chi connectivity index (χ4v) is 2.30. The van der Waals surface area contributed by atoms with Gasteiger partial charge in [-0.05, 0) is 31.6 Å². The third-order valence-corrected chi connectivity index (χ3v) is 3.23. The molecular weight excluding hydrogens is 156 g/mol. The van der Waals surface area contributed by atoms with Crippen LogP contribution >= 0.6 is 0 Å². The number of hydrogen-bond acceptors (Lipinski definition) is 0. The van der Waals surface area contributed by atoms with E-state index in [1.807, 2.05) is 0 Å². The van der Waals surface area contributed by atoms with Crippen molar-refractivity contribution in [1.29, 1.82) is 0 Å². The maximum absolute atomic E-state index is 2.47. The third-order valence-electron chi connectivity index (χ3n) is 3.23. The zero-order valence-corrected chi connectivity index (χ0v) is 9.31. The van der Waals surface area contributed by atoms with Crippen LogP contribution in [0.15, 0.2) is 11.6 Å². The lowest BCUT2D eigenvalue weighted by atomic mass is 9.84. The Balaban J connectivity index is 2.18. The largest absolute Gasteiger partial charge is 0.0853 e. The van der Waals surface area contributed by atoms with Gasteiger partial charge in [-0.25, -0.2) is 0 Å². The average Bonchev–Trinajstić information content (AvgIpc) is 2.19. The fourth-order valence-electron chi connectivity index (χ4n) is 2.30. The summed E-state index contributed by atoms with van der Waals surface area (Å²) in [5, 5.41) is 0. The summed E-state index contributed by atoms with van der Waals surface area (Å²) in [6.07, 6.45) is 13.7. The number of rotatable bonds is 5.